The van der Waals surface area contributed by atoms with E-state index in [4.69, 9.17) is 4.74 Å². The van der Waals surface area contributed by atoms with Gasteiger partial charge in [0.05, 0.1) is 11.4 Å². The van der Waals surface area contributed by atoms with Gasteiger partial charge in [0.15, 0.2) is 0 Å². The Labute approximate surface area is 195 Å². The lowest BCUT2D eigenvalue weighted by molar-refractivity contribution is -0.126. The molecular weight excluding hydrogens is 444 g/mol. The molecule has 0 radical (unpaired) electrons. The van der Waals surface area contributed by atoms with Crippen LogP contribution in [0.25, 0.3) is 0 Å². The van der Waals surface area contributed by atoms with E-state index in [2.05, 4.69) is 25.2 Å². The van der Waals surface area contributed by atoms with Crippen LogP contribution in [0.5, 0.6) is 5.75 Å². The molecule has 0 saturated carbocycles. The van der Waals surface area contributed by atoms with Gasteiger partial charge in [0.1, 0.15) is 12.4 Å². The summed E-state index contributed by atoms with van der Waals surface area (Å²) in [5.41, 5.74) is 1.15. The monoisotopic (exact) mass is 476 g/mol. The van der Waals surface area contributed by atoms with Gasteiger partial charge in [-0.05, 0) is 60.9 Å². The summed E-state index contributed by atoms with van der Waals surface area (Å²) in [6, 6.07) is 14.9. The van der Waals surface area contributed by atoms with Crippen LogP contribution in [-0.4, -0.2) is 51.1 Å². The molecule has 174 valence electrons. The minimum Gasteiger partial charge on any atom is -0.491 e. The van der Waals surface area contributed by atoms with Crippen molar-refractivity contribution >= 4 is 27.7 Å². The molecule has 2 aromatic rings. The molecule has 1 saturated heterocycles. The second kappa shape index (κ2) is 11.2. The number of thioether (sulfide) groups is 1. The maximum Gasteiger partial charge on any atom is 0.243 e. The largest absolute Gasteiger partial charge is 0.491 e. The van der Waals surface area contributed by atoms with Crippen molar-refractivity contribution in [3.63, 3.8) is 0 Å². The molecule has 0 bridgehead atoms. The lowest BCUT2D eigenvalue weighted by Crippen LogP contribution is -2.43. The molecule has 0 aliphatic carbocycles. The van der Waals surface area contributed by atoms with Crippen LogP contribution in [0.1, 0.15) is 38.2 Å². The van der Waals surface area contributed by atoms with Gasteiger partial charge >= 0.3 is 0 Å². The molecule has 1 fully saturated rings. The Hall–Kier alpha value is -2.03. The molecule has 0 unspecified atom stereocenters. The fraction of sp³-hybridized carbons (Fsp3) is 0.458. The van der Waals surface area contributed by atoms with Crippen molar-refractivity contribution in [1.82, 2.24) is 9.62 Å². The molecule has 1 amide bonds. The SMILES string of the molecule is CSc1ccc(S(=O)(=O)N2CCC(C(=O)NCCOc3ccccc3C(C)C)CC2)cc1. The fourth-order valence-electron chi connectivity index (χ4n) is 3.82. The van der Waals surface area contributed by atoms with Gasteiger partial charge in [0.2, 0.25) is 15.9 Å². The van der Waals surface area contributed by atoms with E-state index in [0.717, 1.165) is 16.2 Å². The minimum atomic E-state index is -3.53. The van der Waals surface area contributed by atoms with Crippen molar-refractivity contribution < 1.29 is 17.9 Å². The van der Waals surface area contributed by atoms with Gasteiger partial charge in [0, 0.05) is 23.9 Å². The second-order valence-electron chi connectivity index (χ2n) is 8.19. The predicted molar refractivity (Wildman–Crippen MR) is 129 cm³/mol. The zero-order chi connectivity index (χ0) is 23.1. The Kier molecular flexibility index (Phi) is 8.62. The van der Waals surface area contributed by atoms with Crippen LogP contribution in [-0.2, 0) is 14.8 Å². The maximum absolute atomic E-state index is 12.9. The normalized spacial score (nSPS) is 15.6. The van der Waals surface area contributed by atoms with Crippen molar-refractivity contribution in [2.45, 2.75) is 42.4 Å². The van der Waals surface area contributed by atoms with Gasteiger partial charge in [-0.2, -0.15) is 4.31 Å². The van der Waals surface area contributed by atoms with Gasteiger partial charge in [-0.3, -0.25) is 4.79 Å². The molecule has 1 N–H and O–H groups in total. The van der Waals surface area contributed by atoms with Gasteiger partial charge in [0.25, 0.3) is 0 Å². The molecule has 1 aliphatic heterocycles. The topological polar surface area (TPSA) is 75.7 Å². The number of hydrogen-bond acceptors (Lipinski definition) is 5. The number of carbonyl (C=O) groups is 1. The van der Waals surface area contributed by atoms with Crippen LogP contribution in [0.4, 0.5) is 0 Å². The minimum absolute atomic E-state index is 0.0351. The summed E-state index contributed by atoms with van der Waals surface area (Å²) in [6.45, 7) is 5.76. The maximum atomic E-state index is 12.9. The van der Waals surface area contributed by atoms with Gasteiger partial charge in [-0.25, -0.2) is 8.42 Å². The predicted octanol–water partition coefficient (Wildman–Crippen LogP) is 4.13. The molecule has 2 aromatic carbocycles. The number of para-hydroxylation sites is 1. The van der Waals surface area contributed by atoms with Crippen molar-refractivity contribution in [3.8, 4) is 5.75 Å². The Morgan fingerprint density at radius 2 is 1.78 bits per heavy atom. The first-order valence-corrected chi connectivity index (χ1v) is 13.6. The summed E-state index contributed by atoms with van der Waals surface area (Å²) in [5.74, 6) is 1.00. The molecule has 0 aromatic heterocycles. The number of amides is 1. The van der Waals surface area contributed by atoms with E-state index in [9.17, 15) is 13.2 Å². The highest BCUT2D eigenvalue weighted by molar-refractivity contribution is 7.98. The summed E-state index contributed by atoms with van der Waals surface area (Å²) < 4.78 is 33.1. The molecular formula is C24H32N2O4S2. The summed E-state index contributed by atoms with van der Waals surface area (Å²) in [6.07, 6.45) is 2.99. The molecule has 3 rings (SSSR count). The van der Waals surface area contributed by atoms with E-state index < -0.39 is 10.0 Å². The van der Waals surface area contributed by atoms with E-state index in [-0.39, 0.29) is 11.8 Å². The van der Waals surface area contributed by atoms with Gasteiger partial charge in [-0.1, -0.05) is 32.0 Å². The van der Waals surface area contributed by atoms with Crippen LogP contribution in [0, 0.1) is 5.92 Å². The Morgan fingerprint density at radius 3 is 2.41 bits per heavy atom. The van der Waals surface area contributed by atoms with Crippen LogP contribution < -0.4 is 10.1 Å². The van der Waals surface area contributed by atoms with E-state index in [1.807, 2.05) is 36.6 Å². The van der Waals surface area contributed by atoms with E-state index in [1.54, 1.807) is 23.9 Å². The first kappa shape index (κ1) is 24.6. The molecule has 6 nitrogen and oxygen atoms in total. The molecule has 0 atom stereocenters. The third-order valence-corrected chi connectivity index (χ3v) is 8.38. The van der Waals surface area contributed by atoms with E-state index in [1.165, 1.54) is 4.31 Å². The zero-order valence-corrected chi connectivity index (χ0v) is 20.5. The van der Waals surface area contributed by atoms with E-state index >= 15 is 0 Å². The first-order chi connectivity index (χ1) is 15.3. The average molecular weight is 477 g/mol. The van der Waals surface area contributed by atoms with Crippen molar-refractivity contribution in [2.75, 3.05) is 32.5 Å². The standard InChI is InChI=1S/C24H32N2O4S2/c1-18(2)22-6-4-5-7-23(22)30-17-14-25-24(27)19-12-15-26(16-13-19)32(28,29)21-10-8-20(31-3)9-11-21/h4-11,18-19H,12-17H2,1-3H3,(H,25,27). The third-order valence-electron chi connectivity index (χ3n) is 5.72. The van der Waals surface area contributed by atoms with Crippen LogP contribution in [0.15, 0.2) is 58.3 Å². The summed E-state index contributed by atoms with van der Waals surface area (Å²) in [7, 11) is -3.53. The molecule has 8 heteroatoms. The van der Waals surface area contributed by atoms with Crippen molar-refractivity contribution in [1.29, 1.82) is 0 Å². The Balaban J connectivity index is 1.45. The quantitative estimate of drug-likeness (QED) is 0.435. The Morgan fingerprint density at radius 1 is 1.12 bits per heavy atom. The highest BCUT2D eigenvalue weighted by atomic mass is 32.2. The van der Waals surface area contributed by atoms with Crippen molar-refractivity contribution in [2.24, 2.45) is 5.92 Å². The molecule has 0 spiro atoms. The number of sulfonamides is 1. The molecule has 32 heavy (non-hydrogen) atoms. The van der Waals surface area contributed by atoms with Crippen molar-refractivity contribution in [3.05, 3.63) is 54.1 Å². The number of nitrogens with one attached hydrogen (secondary N) is 1. The van der Waals surface area contributed by atoms with E-state index in [0.29, 0.717) is 49.9 Å². The van der Waals surface area contributed by atoms with Gasteiger partial charge < -0.3 is 10.1 Å². The zero-order valence-electron chi connectivity index (χ0n) is 18.9. The summed E-state index contributed by atoms with van der Waals surface area (Å²) >= 11 is 1.57. The number of rotatable bonds is 9. The molecule has 1 aliphatic rings. The van der Waals surface area contributed by atoms with Crippen LogP contribution >= 0.6 is 11.8 Å². The number of hydrogen-bond donors (Lipinski definition) is 1. The number of benzene rings is 2. The first-order valence-electron chi connectivity index (χ1n) is 11.0. The highest BCUT2D eigenvalue weighted by Crippen LogP contribution is 2.27. The Bertz CT molecular complexity index is 999. The smallest absolute Gasteiger partial charge is 0.243 e. The number of nitrogens with zero attached hydrogens (tertiary/aromatic N) is 1. The summed E-state index contributed by atoms with van der Waals surface area (Å²) in [4.78, 5) is 13.9. The highest BCUT2D eigenvalue weighted by Gasteiger charge is 2.32. The average Bonchev–Trinajstić information content (AvgIpc) is 2.82. The van der Waals surface area contributed by atoms with Crippen LogP contribution in [0.2, 0.25) is 0 Å². The summed E-state index contributed by atoms with van der Waals surface area (Å²) in [5, 5.41) is 2.94. The lowest BCUT2D eigenvalue weighted by Gasteiger charge is -2.30. The second-order valence-corrected chi connectivity index (χ2v) is 11.0. The van der Waals surface area contributed by atoms with Crippen LogP contribution in [0.3, 0.4) is 0 Å². The molecule has 1 heterocycles. The third kappa shape index (κ3) is 6.05. The lowest BCUT2D eigenvalue weighted by atomic mass is 9.97. The number of carbonyl (C=O) groups excluding carboxylic acids is 1. The number of piperidine rings is 1. The van der Waals surface area contributed by atoms with Gasteiger partial charge in [-0.15, -0.1) is 11.8 Å². The number of ether oxygens (including phenoxy) is 1. The fourth-order valence-corrected chi connectivity index (χ4v) is 5.70.